The van der Waals surface area contributed by atoms with E-state index in [9.17, 15) is 9.59 Å². The summed E-state index contributed by atoms with van der Waals surface area (Å²) < 4.78 is 1.51. The number of aryl methyl sites for hydroxylation is 2. The minimum atomic E-state index is -1.17. The van der Waals surface area contributed by atoms with Crippen LogP contribution in [0.25, 0.3) is 0 Å². The van der Waals surface area contributed by atoms with E-state index < -0.39 is 17.9 Å². The minimum Gasteiger partial charge on any atom is -0.480 e. The van der Waals surface area contributed by atoms with Crippen LogP contribution in [0, 0.1) is 0 Å². The maximum absolute atomic E-state index is 11.9. The average molecular weight is 255 g/mol. The molecular weight excluding hydrogens is 238 g/mol. The molecule has 1 aromatic rings. The van der Waals surface area contributed by atoms with Gasteiger partial charge in [-0.2, -0.15) is 5.10 Å². The van der Waals surface area contributed by atoms with Crippen LogP contribution in [0.15, 0.2) is 6.20 Å². The third-order valence-corrected chi connectivity index (χ3v) is 2.51. The molecule has 7 nitrogen and oxygen atoms in total. The van der Waals surface area contributed by atoms with Gasteiger partial charge in [0.25, 0.3) is 5.91 Å². The molecule has 0 aromatic carbocycles. The highest BCUT2D eigenvalue weighted by Crippen LogP contribution is 2.07. The number of aromatic nitrogens is 2. The highest BCUT2D eigenvalue weighted by atomic mass is 16.4. The Hall–Kier alpha value is -1.89. The lowest BCUT2D eigenvalue weighted by molar-refractivity contribution is -0.139. The highest BCUT2D eigenvalue weighted by molar-refractivity contribution is 5.97. The molecule has 0 aliphatic rings. The maximum Gasteiger partial charge on any atom is 0.326 e. The van der Waals surface area contributed by atoms with Crippen molar-refractivity contribution >= 4 is 11.9 Å². The number of hydrogen-bond acceptors (Lipinski definition) is 4. The summed E-state index contributed by atoms with van der Waals surface area (Å²) in [4.78, 5) is 22.8. The molecule has 100 valence electrons. The summed E-state index contributed by atoms with van der Waals surface area (Å²) in [5, 5.41) is 24.1. The topological polar surface area (TPSA) is 104 Å². The van der Waals surface area contributed by atoms with Gasteiger partial charge in [-0.15, -0.1) is 0 Å². The predicted molar refractivity (Wildman–Crippen MR) is 63.2 cm³/mol. The first-order valence-corrected chi connectivity index (χ1v) is 5.66. The van der Waals surface area contributed by atoms with Gasteiger partial charge in [0.05, 0.1) is 11.3 Å². The molecular formula is C11H17N3O4. The summed E-state index contributed by atoms with van der Waals surface area (Å²) in [7, 11) is 1.69. The molecule has 1 amide bonds. The van der Waals surface area contributed by atoms with E-state index in [1.807, 2.05) is 6.92 Å². The monoisotopic (exact) mass is 255 g/mol. The fraction of sp³-hybridized carbons (Fsp3) is 0.545. The molecule has 18 heavy (non-hydrogen) atoms. The molecule has 0 saturated carbocycles. The second-order valence-corrected chi connectivity index (χ2v) is 3.89. The Morgan fingerprint density at radius 3 is 2.72 bits per heavy atom. The lowest BCUT2D eigenvalue weighted by atomic mass is 10.1. The largest absolute Gasteiger partial charge is 0.480 e. The fourth-order valence-corrected chi connectivity index (χ4v) is 1.61. The Kier molecular flexibility index (Phi) is 4.85. The third kappa shape index (κ3) is 3.30. The van der Waals surface area contributed by atoms with Crippen molar-refractivity contribution in [3.8, 4) is 0 Å². The molecule has 0 radical (unpaired) electrons. The first-order chi connectivity index (χ1) is 8.49. The molecule has 0 aliphatic carbocycles. The van der Waals surface area contributed by atoms with Crippen LogP contribution in [0.3, 0.4) is 0 Å². The number of amides is 1. The van der Waals surface area contributed by atoms with Crippen LogP contribution in [0.5, 0.6) is 0 Å². The predicted octanol–water partition coefficient (Wildman–Crippen LogP) is -0.452. The van der Waals surface area contributed by atoms with E-state index in [1.165, 1.54) is 4.68 Å². The van der Waals surface area contributed by atoms with Crippen molar-refractivity contribution in [1.29, 1.82) is 0 Å². The molecule has 1 aromatic heterocycles. The molecule has 3 N–H and O–H groups in total. The number of carbonyl (C=O) groups excluding carboxylic acids is 1. The van der Waals surface area contributed by atoms with Crippen molar-refractivity contribution < 1.29 is 19.8 Å². The van der Waals surface area contributed by atoms with Crippen molar-refractivity contribution in [3.63, 3.8) is 0 Å². The van der Waals surface area contributed by atoms with Crippen molar-refractivity contribution in [2.75, 3.05) is 6.61 Å². The molecule has 0 spiro atoms. The van der Waals surface area contributed by atoms with Gasteiger partial charge in [0.15, 0.2) is 0 Å². The number of rotatable bonds is 6. The summed E-state index contributed by atoms with van der Waals surface area (Å²) >= 11 is 0. The fourth-order valence-electron chi connectivity index (χ4n) is 1.61. The van der Waals surface area contributed by atoms with Crippen molar-refractivity contribution in [2.24, 2.45) is 7.05 Å². The Bertz CT molecular complexity index is 441. The van der Waals surface area contributed by atoms with Crippen LogP contribution in [0.1, 0.15) is 29.4 Å². The first kappa shape index (κ1) is 14.2. The van der Waals surface area contributed by atoms with Gasteiger partial charge in [-0.25, -0.2) is 4.79 Å². The number of aliphatic hydroxyl groups excluding tert-OH is 1. The molecule has 0 saturated heterocycles. The molecule has 0 aliphatic heterocycles. The van der Waals surface area contributed by atoms with E-state index in [4.69, 9.17) is 10.2 Å². The molecule has 1 rings (SSSR count). The van der Waals surface area contributed by atoms with Gasteiger partial charge in [0, 0.05) is 26.3 Å². The van der Waals surface area contributed by atoms with E-state index in [-0.39, 0.29) is 13.0 Å². The van der Waals surface area contributed by atoms with Gasteiger partial charge >= 0.3 is 5.97 Å². The van der Waals surface area contributed by atoms with Gasteiger partial charge in [0.1, 0.15) is 6.04 Å². The highest BCUT2D eigenvalue weighted by Gasteiger charge is 2.22. The zero-order valence-corrected chi connectivity index (χ0v) is 10.4. The quantitative estimate of drug-likeness (QED) is 0.638. The lowest BCUT2D eigenvalue weighted by Gasteiger charge is -2.12. The molecule has 1 atom stereocenters. The Morgan fingerprint density at radius 1 is 1.56 bits per heavy atom. The van der Waals surface area contributed by atoms with Crippen LogP contribution in [-0.2, 0) is 18.3 Å². The summed E-state index contributed by atoms with van der Waals surface area (Å²) in [5.74, 6) is -1.65. The number of carbonyl (C=O) groups is 2. The second-order valence-electron chi connectivity index (χ2n) is 3.89. The Labute approximate surface area is 104 Å². The van der Waals surface area contributed by atoms with Crippen LogP contribution in [0.2, 0.25) is 0 Å². The van der Waals surface area contributed by atoms with Crippen LogP contribution >= 0.6 is 0 Å². The number of hydrogen-bond donors (Lipinski definition) is 3. The summed E-state index contributed by atoms with van der Waals surface area (Å²) in [5.41, 5.74) is 0.979. The number of nitrogens with zero attached hydrogens (tertiary/aromatic N) is 2. The molecule has 7 heteroatoms. The molecule has 1 heterocycles. The number of aliphatic hydroxyl groups is 1. The summed E-state index contributed by atoms with van der Waals surface area (Å²) in [6.07, 6.45) is 2.11. The lowest BCUT2D eigenvalue weighted by Crippen LogP contribution is -2.41. The Balaban J connectivity index is 2.83. The smallest absolute Gasteiger partial charge is 0.326 e. The normalized spacial score (nSPS) is 12.2. The van der Waals surface area contributed by atoms with Crippen molar-refractivity contribution in [3.05, 3.63) is 17.5 Å². The number of aliphatic carboxylic acids is 1. The van der Waals surface area contributed by atoms with Crippen LogP contribution in [0.4, 0.5) is 0 Å². The minimum absolute atomic E-state index is 0.0250. The zero-order valence-electron chi connectivity index (χ0n) is 10.4. The van der Waals surface area contributed by atoms with Crippen molar-refractivity contribution in [1.82, 2.24) is 15.1 Å². The first-order valence-electron chi connectivity index (χ1n) is 5.66. The number of nitrogens with one attached hydrogen (secondary N) is 1. The van der Waals surface area contributed by atoms with Gasteiger partial charge in [0.2, 0.25) is 0 Å². The third-order valence-electron chi connectivity index (χ3n) is 2.51. The number of carboxylic acid groups (broad SMARTS) is 1. The standard InChI is InChI=1S/C11H17N3O4/c1-3-8-7(6-14(2)13-8)10(16)12-9(4-5-15)11(17)18/h6,9,15H,3-5H2,1-2H3,(H,12,16)(H,17,18)/t9-/m0/s1. The Morgan fingerprint density at radius 2 is 2.22 bits per heavy atom. The summed E-state index contributed by atoms with van der Waals surface area (Å²) in [6.45, 7) is 1.56. The van der Waals surface area contributed by atoms with Gasteiger partial charge in [-0.3, -0.25) is 9.48 Å². The van der Waals surface area contributed by atoms with E-state index in [0.717, 1.165) is 0 Å². The van der Waals surface area contributed by atoms with Gasteiger partial charge in [-0.1, -0.05) is 6.92 Å². The SMILES string of the molecule is CCc1nn(C)cc1C(=O)N[C@@H](CCO)C(=O)O. The van der Waals surface area contributed by atoms with E-state index in [0.29, 0.717) is 17.7 Å². The zero-order chi connectivity index (χ0) is 13.7. The molecule has 0 fully saturated rings. The van der Waals surface area contributed by atoms with E-state index >= 15 is 0 Å². The number of carboxylic acids is 1. The average Bonchev–Trinajstić information content (AvgIpc) is 2.69. The van der Waals surface area contributed by atoms with E-state index in [1.54, 1.807) is 13.2 Å². The molecule has 0 unspecified atom stereocenters. The molecule has 0 bridgehead atoms. The van der Waals surface area contributed by atoms with Gasteiger partial charge < -0.3 is 15.5 Å². The van der Waals surface area contributed by atoms with Crippen LogP contribution < -0.4 is 5.32 Å². The van der Waals surface area contributed by atoms with Crippen LogP contribution in [-0.4, -0.2) is 44.5 Å². The summed E-state index contributed by atoms with van der Waals surface area (Å²) in [6, 6.07) is -1.09. The van der Waals surface area contributed by atoms with Gasteiger partial charge in [-0.05, 0) is 6.42 Å². The van der Waals surface area contributed by atoms with Crippen molar-refractivity contribution in [2.45, 2.75) is 25.8 Å². The second kappa shape index (κ2) is 6.15. The maximum atomic E-state index is 11.9. The van der Waals surface area contributed by atoms with E-state index in [2.05, 4.69) is 10.4 Å².